The summed E-state index contributed by atoms with van der Waals surface area (Å²) in [6.07, 6.45) is 5.24. The number of nitrogens with zero attached hydrogens (tertiary/aromatic N) is 2. The quantitative estimate of drug-likeness (QED) is 0.878. The van der Waals surface area contributed by atoms with E-state index >= 15 is 0 Å². The summed E-state index contributed by atoms with van der Waals surface area (Å²) in [5.74, 6) is 0.738. The van der Waals surface area contributed by atoms with Crippen LogP contribution >= 0.6 is 0 Å². The Morgan fingerprint density at radius 3 is 2.76 bits per heavy atom. The van der Waals surface area contributed by atoms with Crippen LogP contribution in [0.4, 0.5) is 5.69 Å². The van der Waals surface area contributed by atoms with E-state index in [1.807, 2.05) is 26.0 Å². The van der Waals surface area contributed by atoms with Crippen LogP contribution in [-0.2, 0) is 0 Å². The Kier molecular flexibility index (Phi) is 3.23. The number of aromatic nitrogens is 2. The van der Waals surface area contributed by atoms with Crippen LogP contribution in [0.25, 0.3) is 11.3 Å². The molecule has 0 unspecified atom stereocenters. The van der Waals surface area contributed by atoms with Crippen molar-refractivity contribution in [1.29, 1.82) is 0 Å². The monoisotopic (exact) mass is 229 g/mol. The van der Waals surface area contributed by atoms with E-state index in [-0.39, 0.29) is 6.10 Å². The van der Waals surface area contributed by atoms with E-state index in [1.165, 1.54) is 0 Å². The molecule has 0 saturated heterocycles. The Labute approximate surface area is 100 Å². The third kappa shape index (κ3) is 2.93. The van der Waals surface area contributed by atoms with Crippen molar-refractivity contribution in [2.75, 3.05) is 5.73 Å². The lowest BCUT2D eigenvalue weighted by atomic mass is 10.2. The largest absolute Gasteiger partial charge is 0.489 e. The van der Waals surface area contributed by atoms with Gasteiger partial charge in [0.2, 0.25) is 0 Å². The highest BCUT2D eigenvalue weighted by atomic mass is 16.5. The van der Waals surface area contributed by atoms with Crippen molar-refractivity contribution in [2.24, 2.45) is 0 Å². The summed E-state index contributed by atoms with van der Waals surface area (Å²) >= 11 is 0. The average molecular weight is 229 g/mol. The maximum Gasteiger partial charge on any atom is 0.138 e. The third-order valence-electron chi connectivity index (χ3n) is 2.16. The van der Waals surface area contributed by atoms with Crippen LogP contribution in [0, 0.1) is 0 Å². The number of hydrogen-bond donors (Lipinski definition) is 1. The van der Waals surface area contributed by atoms with Gasteiger partial charge in [-0.1, -0.05) is 0 Å². The molecule has 0 aliphatic carbocycles. The highest BCUT2D eigenvalue weighted by molar-refractivity contribution is 5.63. The first-order valence-electron chi connectivity index (χ1n) is 5.49. The van der Waals surface area contributed by atoms with Gasteiger partial charge in [0.15, 0.2) is 0 Å². The molecule has 0 radical (unpaired) electrons. The summed E-state index contributed by atoms with van der Waals surface area (Å²) in [5.41, 5.74) is 8.10. The van der Waals surface area contributed by atoms with E-state index in [4.69, 9.17) is 10.5 Å². The van der Waals surface area contributed by atoms with Gasteiger partial charge in [0.05, 0.1) is 18.0 Å². The molecule has 0 aliphatic rings. The van der Waals surface area contributed by atoms with Crippen LogP contribution in [0.15, 0.2) is 36.8 Å². The maximum atomic E-state index is 5.72. The van der Waals surface area contributed by atoms with Crippen molar-refractivity contribution < 1.29 is 4.74 Å². The van der Waals surface area contributed by atoms with E-state index in [2.05, 4.69) is 9.97 Å². The summed E-state index contributed by atoms with van der Waals surface area (Å²) in [5, 5.41) is 0. The topological polar surface area (TPSA) is 61.0 Å². The fraction of sp³-hybridized carbons (Fsp3) is 0.231. The lowest BCUT2D eigenvalue weighted by molar-refractivity contribution is 0.241. The Bertz CT molecular complexity index is 512. The summed E-state index contributed by atoms with van der Waals surface area (Å²) in [7, 11) is 0. The summed E-state index contributed by atoms with van der Waals surface area (Å²) < 4.78 is 5.59. The third-order valence-corrected chi connectivity index (χ3v) is 2.16. The maximum absolute atomic E-state index is 5.72. The number of ether oxygens (including phenoxy) is 1. The van der Waals surface area contributed by atoms with E-state index in [9.17, 15) is 0 Å². The number of nitrogens with two attached hydrogens (primary N) is 1. The van der Waals surface area contributed by atoms with Gasteiger partial charge in [-0.15, -0.1) is 0 Å². The average Bonchev–Trinajstić information content (AvgIpc) is 2.28. The first-order valence-corrected chi connectivity index (χ1v) is 5.49. The van der Waals surface area contributed by atoms with Gasteiger partial charge in [-0.05, 0) is 32.0 Å². The second-order valence-corrected chi connectivity index (χ2v) is 4.05. The number of rotatable bonds is 3. The molecule has 2 N–H and O–H groups in total. The Morgan fingerprint density at radius 1 is 1.24 bits per heavy atom. The molecule has 2 aromatic heterocycles. The molecule has 0 aromatic carbocycles. The van der Waals surface area contributed by atoms with Crippen LogP contribution in [0.5, 0.6) is 5.75 Å². The highest BCUT2D eigenvalue weighted by Gasteiger charge is 2.04. The van der Waals surface area contributed by atoms with Crippen LogP contribution in [-0.4, -0.2) is 16.1 Å². The zero-order valence-electron chi connectivity index (χ0n) is 9.92. The Balaban J connectivity index is 2.33. The zero-order chi connectivity index (χ0) is 12.3. The van der Waals surface area contributed by atoms with Gasteiger partial charge in [0.1, 0.15) is 5.75 Å². The second-order valence-electron chi connectivity index (χ2n) is 4.05. The molecule has 0 spiro atoms. The van der Waals surface area contributed by atoms with Crippen molar-refractivity contribution in [3.05, 3.63) is 36.8 Å². The molecule has 0 bridgehead atoms. The van der Waals surface area contributed by atoms with Gasteiger partial charge >= 0.3 is 0 Å². The first-order chi connectivity index (χ1) is 8.15. The number of anilines is 1. The molecular formula is C13H15N3O. The molecule has 4 heteroatoms. The smallest absolute Gasteiger partial charge is 0.138 e. The fourth-order valence-electron chi connectivity index (χ4n) is 1.50. The van der Waals surface area contributed by atoms with Crippen molar-refractivity contribution >= 4 is 5.69 Å². The minimum absolute atomic E-state index is 0.126. The zero-order valence-corrected chi connectivity index (χ0v) is 9.92. The van der Waals surface area contributed by atoms with Gasteiger partial charge in [0.25, 0.3) is 0 Å². The van der Waals surface area contributed by atoms with Gasteiger partial charge < -0.3 is 10.5 Å². The SMILES string of the molecule is CC(C)Oc1cncc(-c2cc(N)ccn2)c1. The summed E-state index contributed by atoms with van der Waals surface area (Å²) in [4.78, 5) is 8.39. The van der Waals surface area contributed by atoms with Crippen LogP contribution in [0.2, 0.25) is 0 Å². The molecule has 4 nitrogen and oxygen atoms in total. The normalized spacial score (nSPS) is 10.5. The summed E-state index contributed by atoms with van der Waals surface area (Å²) in [6, 6.07) is 5.48. The molecule has 0 fully saturated rings. The molecule has 0 aliphatic heterocycles. The molecule has 2 rings (SSSR count). The second kappa shape index (κ2) is 4.82. The van der Waals surface area contributed by atoms with Gasteiger partial charge in [-0.25, -0.2) is 0 Å². The molecule has 17 heavy (non-hydrogen) atoms. The molecular weight excluding hydrogens is 214 g/mol. The number of nitrogen functional groups attached to an aromatic ring is 1. The van der Waals surface area contributed by atoms with E-state index in [0.717, 1.165) is 17.0 Å². The standard InChI is InChI=1S/C13H15N3O/c1-9(2)17-12-5-10(7-15-8-12)13-6-11(14)3-4-16-13/h3-9H,1-2H3,(H2,14,16). The molecule has 88 valence electrons. The number of hydrogen-bond acceptors (Lipinski definition) is 4. The molecule has 2 heterocycles. The fourth-order valence-corrected chi connectivity index (χ4v) is 1.50. The minimum atomic E-state index is 0.126. The van der Waals surface area contributed by atoms with E-state index < -0.39 is 0 Å². The van der Waals surface area contributed by atoms with Crippen LogP contribution in [0.1, 0.15) is 13.8 Å². The molecule has 2 aromatic rings. The van der Waals surface area contributed by atoms with Crippen molar-refractivity contribution in [1.82, 2.24) is 9.97 Å². The minimum Gasteiger partial charge on any atom is -0.489 e. The van der Waals surface area contributed by atoms with Crippen LogP contribution < -0.4 is 10.5 Å². The van der Waals surface area contributed by atoms with Gasteiger partial charge in [-0.3, -0.25) is 9.97 Å². The van der Waals surface area contributed by atoms with Crippen molar-refractivity contribution in [2.45, 2.75) is 20.0 Å². The first kappa shape index (κ1) is 11.4. The van der Waals surface area contributed by atoms with Gasteiger partial charge in [-0.2, -0.15) is 0 Å². The number of pyridine rings is 2. The van der Waals surface area contributed by atoms with E-state index in [1.54, 1.807) is 24.7 Å². The predicted octanol–water partition coefficient (Wildman–Crippen LogP) is 2.51. The highest BCUT2D eigenvalue weighted by Crippen LogP contribution is 2.22. The Morgan fingerprint density at radius 2 is 2.06 bits per heavy atom. The molecule has 0 atom stereocenters. The summed E-state index contributed by atoms with van der Waals surface area (Å²) in [6.45, 7) is 3.96. The predicted molar refractivity (Wildman–Crippen MR) is 67.6 cm³/mol. The Hall–Kier alpha value is -2.10. The van der Waals surface area contributed by atoms with Gasteiger partial charge in [0, 0.05) is 23.6 Å². The van der Waals surface area contributed by atoms with E-state index in [0.29, 0.717) is 5.69 Å². The lowest BCUT2D eigenvalue weighted by Crippen LogP contribution is -2.05. The van der Waals surface area contributed by atoms with Crippen LogP contribution in [0.3, 0.4) is 0 Å². The van der Waals surface area contributed by atoms with Crippen molar-refractivity contribution in [3.63, 3.8) is 0 Å². The molecule has 0 amide bonds. The lowest BCUT2D eigenvalue weighted by Gasteiger charge is -2.10. The van der Waals surface area contributed by atoms with Crippen molar-refractivity contribution in [3.8, 4) is 17.0 Å². The molecule has 0 saturated carbocycles.